The molecule has 1 unspecified atom stereocenters. The number of Topliss-reactive ketones (excluding diaryl/α,β-unsaturated/α-hetero) is 1. The van der Waals surface area contributed by atoms with Gasteiger partial charge in [-0.25, -0.2) is 0 Å². The number of ether oxygens (including phenoxy) is 3. The minimum absolute atomic E-state index is 0.0894. The highest BCUT2D eigenvalue weighted by molar-refractivity contribution is 6.52. The number of fused-ring (bicyclic) bond motifs is 1. The van der Waals surface area contributed by atoms with Crippen molar-refractivity contribution in [3.63, 3.8) is 0 Å². The monoisotopic (exact) mass is 545 g/mol. The van der Waals surface area contributed by atoms with Crippen LogP contribution >= 0.6 is 0 Å². The largest absolute Gasteiger partial charge is 0.497 e. The molecule has 1 aliphatic heterocycles. The molecule has 10 nitrogen and oxygen atoms in total. The van der Waals surface area contributed by atoms with Crippen molar-refractivity contribution in [2.45, 2.75) is 25.9 Å². The third-order valence-electron chi connectivity index (χ3n) is 6.74. The van der Waals surface area contributed by atoms with E-state index in [9.17, 15) is 19.2 Å². The summed E-state index contributed by atoms with van der Waals surface area (Å²) < 4.78 is 15.9. The molecule has 0 fully saturated rings. The fourth-order valence-corrected chi connectivity index (χ4v) is 4.60. The first kappa shape index (κ1) is 28.2. The van der Waals surface area contributed by atoms with E-state index in [-0.39, 0.29) is 18.5 Å². The second-order valence-corrected chi connectivity index (χ2v) is 9.09. The molecule has 4 rings (SSSR count). The standard InChI is InChI=1S/C30H31N3O7/c1-5-24(29(36)31-23-15-14-21(39-3)16-26(23)40-4)32(17-19-10-12-20(38-2)13-11-19)27(34)18-33-25-9-7-6-8-22(25)28(35)30(33)37/h6-16,24H,5,17-18H2,1-4H3,(H,31,36). The van der Waals surface area contributed by atoms with Gasteiger partial charge in [-0.3, -0.25) is 24.1 Å². The van der Waals surface area contributed by atoms with Crippen molar-refractivity contribution in [3.05, 3.63) is 77.9 Å². The van der Waals surface area contributed by atoms with Crippen molar-refractivity contribution in [3.8, 4) is 17.2 Å². The van der Waals surface area contributed by atoms with Crippen LogP contribution in [0.2, 0.25) is 0 Å². The lowest BCUT2D eigenvalue weighted by Gasteiger charge is -2.32. The number of carbonyl (C=O) groups is 4. The van der Waals surface area contributed by atoms with Crippen LogP contribution in [-0.2, 0) is 20.9 Å². The Balaban J connectivity index is 1.64. The van der Waals surface area contributed by atoms with E-state index in [1.165, 1.54) is 19.1 Å². The first-order valence-electron chi connectivity index (χ1n) is 12.7. The second kappa shape index (κ2) is 12.3. The summed E-state index contributed by atoms with van der Waals surface area (Å²) in [5.41, 5.74) is 1.79. The maximum atomic E-state index is 13.8. The SMILES string of the molecule is CCC(C(=O)Nc1ccc(OC)cc1OC)N(Cc1ccc(OC)cc1)C(=O)CN1C(=O)C(=O)c2ccccc21. The van der Waals surface area contributed by atoms with Gasteiger partial charge in [0, 0.05) is 12.6 Å². The maximum Gasteiger partial charge on any atom is 0.299 e. The zero-order valence-electron chi connectivity index (χ0n) is 22.8. The first-order chi connectivity index (χ1) is 19.3. The van der Waals surface area contributed by atoms with Crippen LogP contribution in [0.25, 0.3) is 0 Å². The van der Waals surface area contributed by atoms with E-state index in [2.05, 4.69) is 5.32 Å². The Morgan fingerprint density at radius 3 is 2.23 bits per heavy atom. The first-order valence-corrected chi connectivity index (χ1v) is 12.7. The summed E-state index contributed by atoms with van der Waals surface area (Å²) in [6.07, 6.45) is 0.287. The summed E-state index contributed by atoms with van der Waals surface area (Å²) in [6.45, 7) is 1.49. The van der Waals surface area contributed by atoms with Crippen LogP contribution in [0.5, 0.6) is 17.2 Å². The number of nitrogens with zero attached hydrogens (tertiary/aromatic N) is 2. The van der Waals surface area contributed by atoms with Gasteiger partial charge in [-0.2, -0.15) is 0 Å². The lowest BCUT2D eigenvalue weighted by atomic mass is 10.1. The molecule has 1 aliphatic rings. The van der Waals surface area contributed by atoms with Crippen LogP contribution in [0.15, 0.2) is 66.7 Å². The third-order valence-corrected chi connectivity index (χ3v) is 6.74. The molecule has 0 spiro atoms. The van der Waals surface area contributed by atoms with E-state index in [1.54, 1.807) is 80.8 Å². The van der Waals surface area contributed by atoms with Crippen molar-refractivity contribution in [2.75, 3.05) is 38.1 Å². The second-order valence-electron chi connectivity index (χ2n) is 9.09. The molecule has 3 amide bonds. The molecule has 0 radical (unpaired) electrons. The number of benzene rings is 3. The number of carbonyl (C=O) groups excluding carboxylic acids is 4. The molecule has 0 saturated heterocycles. The van der Waals surface area contributed by atoms with Crippen LogP contribution in [0, 0.1) is 0 Å². The maximum absolute atomic E-state index is 13.8. The summed E-state index contributed by atoms with van der Waals surface area (Å²) in [7, 11) is 4.56. The number of anilines is 2. The van der Waals surface area contributed by atoms with Crippen molar-refractivity contribution in [1.82, 2.24) is 4.90 Å². The predicted molar refractivity (Wildman–Crippen MR) is 149 cm³/mol. The highest BCUT2D eigenvalue weighted by atomic mass is 16.5. The van der Waals surface area contributed by atoms with Gasteiger partial charge in [0.1, 0.15) is 29.8 Å². The normalized spacial score (nSPS) is 12.9. The van der Waals surface area contributed by atoms with Crippen LogP contribution in [0.1, 0.15) is 29.3 Å². The number of methoxy groups -OCH3 is 3. The number of hydrogen-bond donors (Lipinski definition) is 1. The molecule has 208 valence electrons. The molecule has 40 heavy (non-hydrogen) atoms. The Kier molecular flexibility index (Phi) is 8.68. The summed E-state index contributed by atoms with van der Waals surface area (Å²) in [5, 5.41) is 2.86. The zero-order chi connectivity index (χ0) is 28.8. The quantitative estimate of drug-likeness (QED) is 0.366. The van der Waals surface area contributed by atoms with Gasteiger partial charge in [0.05, 0.1) is 38.3 Å². The lowest BCUT2D eigenvalue weighted by molar-refractivity contribution is -0.138. The summed E-state index contributed by atoms with van der Waals surface area (Å²) in [5.74, 6) is -0.761. The Bertz CT molecular complexity index is 1420. The van der Waals surface area contributed by atoms with Gasteiger partial charge in [-0.15, -0.1) is 0 Å². The fraction of sp³-hybridized carbons (Fsp3) is 0.267. The van der Waals surface area contributed by atoms with Gasteiger partial charge in [0.2, 0.25) is 11.8 Å². The van der Waals surface area contributed by atoms with E-state index in [1.807, 2.05) is 0 Å². The van der Waals surface area contributed by atoms with Crippen LogP contribution in [-0.4, -0.2) is 62.3 Å². The highest BCUT2D eigenvalue weighted by Gasteiger charge is 2.38. The van der Waals surface area contributed by atoms with Gasteiger partial charge in [-0.05, 0) is 48.4 Å². The van der Waals surface area contributed by atoms with E-state index < -0.39 is 36.1 Å². The molecule has 0 saturated carbocycles. The number of hydrogen-bond acceptors (Lipinski definition) is 7. The van der Waals surface area contributed by atoms with E-state index >= 15 is 0 Å². The molecule has 3 aromatic rings. The molecule has 0 bridgehead atoms. The Hall–Kier alpha value is -4.86. The lowest BCUT2D eigenvalue weighted by Crippen LogP contribution is -2.50. The number of rotatable bonds is 11. The fourth-order valence-electron chi connectivity index (χ4n) is 4.60. The summed E-state index contributed by atoms with van der Waals surface area (Å²) >= 11 is 0. The molecule has 0 aromatic heterocycles. The molecular formula is C30H31N3O7. The molecule has 1 heterocycles. The Morgan fingerprint density at radius 1 is 0.900 bits per heavy atom. The van der Waals surface area contributed by atoms with Crippen LogP contribution in [0.4, 0.5) is 11.4 Å². The number of amides is 3. The molecular weight excluding hydrogens is 514 g/mol. The molecule has 10 heteroatoms. The Labute approximate surface area is 232 Å². The molecule has 0 aliphatic carbocycles. The van der Waals surface area contributed by atoms with Gasteiger partial charge in [0.15, 0.2) is 0 Å². The predicted octanol–water partition coefficient (Wildman–Crippen LogP) is 3.69. The van der Waals surface area contributed by atoms with Crippen LogP contribution < -0.4 is 24.4 Å². The average molecular weight is 546 g/mol. The number of ketones is 1. The zero-order valence-corrected chi connectivity index (χ0v) is 22.8. The summed E-state index contributed by atoms with van der Waals surface area (Å²) in [6, 6.07) is 17.8. The molecule has 1 N–H and O–H groups in total. The van der Waals surface area contributed by atoms with Gasteiger partial charge >= 0.3 is 0 Å². The van der Waals surface area contributed by atoms with Crippen molar-refractivity contribution in [1.29, 1.82) is 0 Å². The molecule has 3 aromatic carbocycles. The summed E-state index contributed by atoms with van der Waals surface area (Å²) in [4.78, 5) is 55.3. The number of nitrogens with one attached hydrogen (secondary N) is 1. The van der Waals surface area contributed by atoms with Gasteiger partial charge in [0.25, 0.3) is 11.7 Å². The van der Waals surface area contributed by atoms with Crippen LogP contribution in [0.3, 0.4) is 0 Å². The topological polar surface area (TPSA) is 114 Å². The highest BCUT2D eigenvalue weighted by Crippen LogP contribution is 2.31. The van der Waals surface area contributed by atoms with E-state index in [0.29, 0.717) is 28.6 Å². The minimum atomic E-state index is -0.898. The molecule has 1 atom stereocenters. The van der Waals surface area contributed by atoms with Crippen molar-refractivity contribution >= 4 is 34.9 Å². The minimum Gasteiger partial charge on any atom is -0.497 e. The smallest absolute Gasteiger partial charge is 0.299 e. The van der Waals surface area contributed by atoms with Crippen molar-refractivity contribution < 1.29 is 33.4 Å². The van der Waals surface area contributed by atoms with E-state index in [0.717, 1.165) is 10.5 Å². The third kappa shape index (κ3) is 5.75. The van der Waals surface area contributed by atoms with Gasteiger partial charge < -0.3 is 24.4 Å². The average Bonchev–Trinajstić information content (AvgIpc) is 3.22. The van der Waals surface area contributed by atoms with Crippen molar-refractivity contribution in [2.24, 2.45) is 0 Å². The number of para-hydroxylation sites is 1. The van der Waals surface area contributed by atoms with E-state index in [4.69, 9.17) is 14.2 Å². The van der Waals surface area contributed by atoms with Gasteiger partial charge in [-0.1, -0.05) is 31.2 Å². The Morgan fingerprint density at radius 2 is 1.57 bits per heavy atom.